The summed E-state index contributed by atoms with van der Waals surface area (Å²) in [6.07, 6.45) is 5.28. The molecule has 4 unspecified atom stereocenters. The minimum absolute atomic E-state index is 0.236. The lowest BCUT2D eigenvalue weighted by Gasteiger charge is -2.32. The zero-order chi connectivity index (χ0) is 26.6. The molecule has 4 atom stereocenters. The number of alkyl halides is 1. The Hall–Kier alpha value is -1.34. The highest BCUT2D eigenvalue weighted by Crippen LogP contribution is 2.33. The number of methoxy groups -OCH3 is 2. The first-order valence-electron chi connectivity index (χ1n) is 12.1. The molecule has 204 valence electrons. The van der Waals surface area contributed by atoms with Crippen LogP contribution < -0.4 is 5.32 Å². The molecular formula is C24H43IN2O8. The summed E-state index contributed by atoms with van der Waals surface area (Å²) in [6, 6.07) is -0.914. The van der Waals surface area contributed by atoms with Crippen molar-refractivity contribution in [3.8, 4) is 0 Å². The number of nitrogens with zero attached hydrogens (tertiary/aromatic N) is 1. The Morgan fingerprint density at radius 2 is 1.43 bits per heavy atom. The van der Waals surface area contributed by atoms with Gasteiger partial charge in [0.1, 0.15) is 5.60 Å². The second-order valence-electron chi connectivity index (χ2n) is 10.1. The largest absolute Gasteiger partial charge is 0.467 e. The van der Waals surface area contributed by atoms with Crippen LogP contribution in [0.1, 0.15) is 72.1 Å². The van der Waals surface area contributed by atoms with Gasteiger partial charge in [0.05, 0.1) is 26.3 Å². The summed E-state index contributed by atoms with van der Waals surface area (Å²) in [5.74, 6) is -0.228. The van der Waals surface area contributed by atoms with Crippen LogP contribution in [0.4, 0.5) is 4.79 Å². The van der Waals surface area contributed by atoms with Gasteiger partial charge in [-0.15, -0.1) is 0 Å². The van der Waals surface area contributed by atoms with Gasteiger partial charge in [-0.05, 0) is 71.4 Å². The smallest absolute Gasteiger partial charge is 0.407 e. The summed E-state index contributed by atoms with van der Waals surface area (Å²) in [7, 11) is 2.51. The van der Waals surface area contributed by atoms with Gasteiger partial charge in [-0.2, -0.15) is 0 Å². The van der Waals surface area contributed by atoms with E-state index in [2.05, 4.69) is 17.9 Å². The molecule has 2 aliphatic rings. The monoisotopic (exact) mass is 614 g/mol. The summed E-state index contributed by atoms with van der Waals surface area (Å²) in [6.45, 7) is 5.26. The van der Waals surface area contributed by atoms with Gasteiger partial charge in [0.15, 0.2) is 12.2 Å². The van der Waals surface area contributed by atoms with E-state index in [4.69, 9.17) is 4.74 Å². The normalized spacial score (nSPS) is 19.9. The first kappa shape index (κ1) is 31.7. The highest BCUT2D eigenvalue weighted by atomic mass is 127. The maximum absolute atomic E-state index is 11.8. The maximum atomic E-state index is 11.8. The van der Waals surface area contributed by atoms with Crippen molar-refractivity contribution >= 4 is 39.1 Å². The number of hydrogen-bond acceptors (Lipinski definition) is 9. The Morgan fingerprint density at radius 1 is 0.943 bits per heavy atom. The molecule has 3 N–H and O–H groups in total. The number of amides is 1. The fourth-order valence-electron chi connectivity index (χ4n) is 3.79. The van der Waals surface area contributed by atoms with E-state index in [0.29, 0.717) is 18.3 Å². The van der Waals surface area contributed by atoms with Crippen LogP contribution in [0.3, 0.4) is 0 Å². The molecule has 0 bridgehead atoms. The summed E-state index contributed by atoms with van der Waals surface area (Å²) in [5, 5.41) is 22.3. The second kappa shape index (κ2) is 15.7. The molecule has 0 aromatic heterocycles. The van der Waals surface area contributed by atoms with Crippen molar-refractivity contribution in [2.24, 2.45) is 15.0 Å². The number of carbonyl (C=O) groups is 3. The van der Waals surface area contributed by atoms with Crippen molar-refractivity contribution in [2.45, 2.75) is 102 Å². The first-order valence-corrected chi connectivity index (χ1v) is 15.2. The number of hydrogen-bond donors (Lipinski definition) is 3. The van der Waals surface area contributed by atoms with Crippen LogP contribution in [-0.2, 0) is 23.8 Å². The number of halogens is 1. The maximum Gasteiger partial charge on any atom is 0.407 e. The zero-order valence-electron chi connectivity index (χ0n) is 21.8. The van der Waals surface area contributed by atoms with E-state index in [1.54, 1.807) is 20.8 Å². The van der Waals surface area contributed by atoms with Crippen molar-refractivity contribution in [2.75, 3.05) is 19.2 Å². The van der Waals surface area contributed by atoms with Crippen LogP contribution in [0, 0.1) is 11.8 Å². The minimum Gasteiger partial charge on any atom is -0.467 e. The zero-order valence-corrected chi connectivity index (χ0v) is 23.9. The van der Waals surface area contributed by atoms with Crippen LogP contribution in [0.25, 0.3) is 0 Å². The minimum atomic E-state index is -1.37. The molecule has 11 heteroatoms. The Morgan fingerprint density at radius 3 is 1.83 bits per heavy atom. The second-order valence-corrected chi connectivity index (χ2v) is 11.6. The van der Waals surface area contributed by atoms with Gasteiger partial charge >= 0.3 is 18.0 Å². The topological polar surface area (TPSA) is 144 Å². The molecular weight excluding hydrogens is 571 g/mol. The molecule has 10 nitrogen and oxygen atoms in total. The van der Waals surface area contributed by atoms with Gasteiger partial charge < -0.3 is 29.7 Å². The van der Waals surface area contributed by atoms with E-state index >= 15 is 0 Å². The van der Waals surface area contributed by atoms with Crippen LogP contribution in [0.5, 0.6) is 0 Å². The molecule has 2 saturated carbocycles. The van der Waals surface area contributed by atoms with E-state index in [1.165, 1.54) is 33.5 Å². The van der Waals surface area contributed by atoms with E-state index in [9.17, 15) is 24.6 Å². The van der Waals surface area contributed by atoms with Crippen molar-refractivity contribution < 1.29 is 38.8 Å². The summed E-state index contributed by atoms with van der Waals surface area (Å²) < 4.78 is 18.6. The van der Waals surface area contributed by atoms with Crippen molar-refractivity contribution in [3.05, 3.63) is 0 Å². The van der Waals surface area contributed by atoms with Crippen LogP contribution in [0.15, 0.2) is 3.15 Å². The van der Waals surface area contributed by atoms with Crippen LogP contribution in [0.2, 0.25) is 0 Å². The fraction of sp³-hybridized carbons (Fsp3) is 0.875. The molecule has 2 fully saturated rings. The number of ether oxygens (including phenoxy) is 3. The third-order valence-corrected chi connectivity index (χ3v) is 7.44. The highest BCUT2D eigenvalue weighted by Gasteiger charge is 2.34. The van der Waals surface area contributed by atoms with E-state index < -0.39 is 41.9 Å². The molecule has 1 amide bonds. The fourth-order valence-corrected chi connectivity index (χ4v) is 5.04. The molecule has 0 aliphatic heterocycles. The average molecular weight is 615 g/mol. The Bertz CT molecular complexity index is 704. The lowest BCUT2D eigenvalue weighted by Crippen LogP contribution is -2.50. The third kappa shape index (κ3) is 12.0. The summed E-state index contributed by atoms with van der Waals surface area (Å²) in [5.41, 5.74) is -0.624. The van der Waals surface area contributed by atoms with Gasteiger partial charge in [0.25, 0.3) is 0 Å². The van der Waals surface area contributed by atoms with Gasteiger partial charge in [-0.3, -0.25) is 3.15 Å². The van der Waals surface area contributed by atoms with Gasteiger partial charge in [-0.1, -0.05) is 38.5 Å². The number of carbonyl (C=O) groups excluding carboxylic acids is 3. The van der Waals surface area contributed by atoms with Crippen molar-refractivity contribution in [1.82, 2.24) is 5.32 Å². The Balaban J connectivity index is 0.000000365. The molecule has 0 heterocycles. The lowest BCUT2D eigenvalue weighted by atomic mass is 9.80. The van der Waals surface area contributed by atoms with Gasteiger partial charge in [-0.25, -0.2) is 14.4 Å². The summed E-state index contributed by atoms with van der Waals surface area (Å²) in [4.78, 5) is 36.4. The number of nitrogens with one attached hydrogen (secondary N) is 1. The van der Waals surface area contributed by atoms with Gasteiger partial charge in [0, 0.05) is 0 Å². The SMILES string of the molecule is COC(=O)C(O)C(CC1CCC1)N=IC.COC(=O)C(O)C(CC1CCC1)NC(=O)OC(C)(C)C. The number of esters is 2. The van der Waals surface area contributed by atoms with E-state index in [-0.39, 0.29) is 27.1 Å². The third-order valence-electron chi connectivity index (χ3n) is 6.17. The lowest BCUT2D eigenvalue weighted by molar-refractivity contribution is -0.152. The number of aliphatic hydroxyl groups excluding tert-OH is 2. The predicted octanol–water partition coefficient (Wildman–Crippen LogP) is 3.47. The Kier molecular flexibility index (Phi) is 14.2. The van der Waals surface area contributed by atoms with Crippen molar-refractivity contribution in [3.63, 3.8) is 0 Å². The molecule has 2 aliphatic carbocycles. The number of alkyl carbamates (subject to hydrolysis) is 1. The first-order chi connectivity index (χ1) is 16.4. The molecule has 0 aromatic carbocycles. The van der Waals surface area contributed by atoms with E-state index in [0.717, 1.165) is 25.7 Å². The molecule has 0 aromatic rings. The highest BCUT2D eigenvalue weighted by molar-refractivity contribution is 14.2. The van der Waals surface area contributed by atoms with Gasteiger partial charge in [0.2, 0.25) is 0 Å². The standard InChI is InChI=1S/C14H25NO5.C10H18INO3/c1-14(2,3)20-13(18)15-10(8-9-6-5-7-9)11(16)12(17)19-4;1-11-12-8(6-7-4-3-5-7)9(13)10(14)15-2/h9-11,16H,5-8H2,1-4H3,(H,15,18);7-9,13H,3-6H2,1-2H3. The quantitative estimate of drug-likeness (QED) is 0.147. The summed E-state index contributed by atoms with van der Waals surface area (Å²) >= 11 is -0.253. The number of rotatable bonds is 10. The van der Waals surface area contributed by atoms with E-state index in [1.807, 2.05) is 4.93 Å². The Labute approximate surface area is 219 Å². The molecule has 35 heavy (non-hydrogen) atoms. The average Bonchev–Trinajstić information content (AvgIpc) is 2.73. The molecule has 0 spiro atoms. The predicted molar refractivity (Wildman–Crippen MR) is 139 cm³/mol. The number of aliphatic hydroxyl groups is 2. The van der Waals surface area contributed by atoms with Crippen molar-refractivity contribution in [1.29, 1.82) is 0 Å². The van der Waals surface area contributed by atoms with Crippen LogP contribution >= 0.6 is 21.0 Å². The van der Waals surface area contributed by atoms with Crippen LogP contribution in [-0.4, -0.2) is 77.3 Å². The molecule has 0 radical (unpaired) electrons. The molecule has 2 rings (SSSR count). The molecule has 0 saturated heterocycles.